The van der Waals surface area contributed by atoms with Gasteiger partial charge in [-0.3, -0.25) is 4.79 Å². The van der Waals surface area contributed by atoms with Gasteiger partial charge >= 0.3 is 0 Å². The first-order chi connectivity index (χ1) is 13.7. The van der Waals surface area contributed by atoms with Crippen molar-refractivity contribution < 1.29 is 18.7 Å². The van der Waals surface area contributed by atoms with Gasteiger partial charge in [0.15, 0.2) is 11.5 Å². The maximum absolute atomic E-state index is 13.6. The maximum Gasteiger partial charge on any atom is 0.254 e. The second-order valence-electron chi connectivity index (χ2n) is 6.11. The first-order valence-corrected chi connectivity index (χ1v) is 8.65. The van der Waals surface area contributed by atoms with Crippen molar-refractivity contribution in [1.82, 2.24) is 15.3 Å². The quantitative estimate of drug-likeness (QED) is 0.684. The molecule has 0 atom stereocenters. The van der Waals surface area contributed by atoms with Gasteiger partial charge in [0.1, 0.15) is 5.82 Å². The predicted molar refractivity (Wildman–Crippen MR) is 99.5 cm³/mol. The third-order valence-electron chi connectivity index (χ3n) is 4.20. The number of ether oxygens (including phenoxy) is 2. The average molecular weight is 380 g/mol. The Morgan fingerprint density at radius 3 is 2.64 bits per heavy atom. The van der Waals surface area contributed by atoms with Crippen molar-refractivity contribution in [3.8, 4) is 11.5 Å². The zero-order chi connectivity index (χ0) is 19.3. The molecule has 0 radical (unpaired) electrons. The van der Waals surface area contributed by atoms with Crippen LogP contribution in [0.1, 0.15) is 21.5 Å². The average Bonchev–Trinajstić information content (AvgIpc) is 3.20. The number of nitrogens with one attached hydrogen (secondary N) is 2. The molecular formula is C20H17FN4O3. The zero-order valence-electron chi connectivity index (χ0n) is 14.8. The summed E-state index contributed by atoms with van der Waals surface area (Å²) in [4.78, 5) is 20.5. The van der Waals surface area contributed by atoms with Crippen LogP contribution in [0.15, 0.2) is 54.9 Å². The first-order valence-electron chi connectivity index (χ1n) is 8.65. The number of carbonyl (C=O) groups excluding carboxylic acids is 1. The summed E-state index contributed by atoms with van der Waals surface area (Å²) in [6.07, 6.45) is 2.84. The van der Waals surface area contributed by atoms with Crippen LogP contribution >= 0.6 is 0 Å². The smallest absolute Gasteiger partial charge is 0.254 e. The predicted octanol–water partition coefficient (Wildman–Crippen LogP) is 2.89. The van der Waals surface area contributed by atoms with Crippen LogP contribution in [-0.4, -0.2) is 22.7 Å². The van der Waals surface area contributed by atoms with Gasteiger partial charge in [-0.1, -0.05) is 24.3 Å². The van der Waals surface area contributed by atoms with Crippen molar-refractivity contribution in [2.24, 2.45) is 0 Å². The lowest BCUT2D eigenvalue weighted by Gasteiger charge is -2.08. The fourth-order valence-electron chi connectivity index (χ4n) is 2.69. The van der Waals surface area contributed by atoms with Gasteiger partial charge in [-0.05, 0) is 23.8 Å². The number of halogens is 1. The molecule has 28 heavy (non-hydrogen) atoms. The van der Waals surface area contributed by atoms with Crippen molar-refractivity contribution in [1.29, 1.82) is 0 Å². The molecule has 142 valence electrons. The lowest BCUT2D eigenvalue weighted by molar-refractivity contribution is 0.0950. The summed E-state index contributed by atoms with van der Waals surface area (Å²) < 4.78 is 24.2. The monoisotopic (exact) mass is 380 g/mol. The molecule has 7 nitrogen and oxygen atoms in total. The van der Waals surface area contributed by atoms with Crippen molar-refractivity contribution in [3.05, 3.63) is 77.4 Å². The Labute approximate surface area is 160 Å². The van der Waals surface area contributed by atoms with E-state index in [1.807, 2.05) is 18.2 Å². The van der Waals surface area contributed by atoms with E-state index < -0.39 is 0 Å². The first kappa shape index (κ1) is 17.7. The Morgan fingerprint density at radius 2 is 1.82 bits per heavy atom. The van der Waals surface area contributed by atoms with Crippen molar-refractivity contribution in [3.63, 3.8) is 0 Å². The maximum atomic E-state index is 13.6. The Bertz CT molecular complexity index is 995. The SMILES string of the molecule is O=C(NCc1ccc2c(c1)OCO2)c1cnc(NCc2ccccc2F)nc1. The summed E-state index contributed by atoms with van der Waals surface area (Å²) in [7, 11) is 0. The van der Waals surface area contributed by atoms with E-state index in [1.165, 1.54) is 18.5 Å². The van der Waals surface area contributed by atoms with Crippen LogP contribution in [0.4, 0.5) is 10.3 Å². The number of hydrogen-bond acceptors (Lipinski definition) is 6. The van der Waals surface area contributed by atoms with Gasteiger partial charge in [-0.2, -0.15) is 0 Å². The van der Waals surface area contributed by atoms with E-state index in [9.17, 15) is 9.18 Å². The normalized spacial score (nSPS) is 11.9. The highest BCUT2D eigenvalue weighted by Gasteiger charge is 2.14. The minimum absolute atomic E-state index is 0.208. The van der Waals surface area contributed by atoms with Crippen LogP contribution in [0, 0.1) is 5.82 Å². The molecule has 0 bridgehead atoms. The number of carbonyl (C=O) groups is 1. The summed E-state index contributed by atoms with van der Waals surface area (Å²) in [5.74, 6) is 1.09. The minimum atomic E-state index is -0.297. The van der Waals surface area contributed by atoms with Crippen LogP contribution in [0.25, 0.3) is 0 Å². The van der Waals surface area contributed by atoms with Crippen LogP contribution < -0.4 is 20.1 Å². The lowest BCUT2D eigenvalue weighted by Crippen LogP contribution is -2.23. The second-order valence-corrected chi connectivity index (χ2v) is 6.11. The van der Waals surface area contributed by atoms with Crippen LogP contribution in [0.5, 0.6) is 11.5 Å². The van der Waals surface area contributed by atoms with E-state index in [-0.39, 0.29) is 25.1 Å². The van der Waals surface area contributed by atoms with Crippen molar-refractivity contribution in [2.75, 3.05) is 12.1 Å². The molecule has 1 aliphatic rings. The summed E-state index contributed by atoms with van der Waals surface area (Å²) in [6.45, 7) is 0.796. The summed E-state index contributed by atoms with van der Waals surface area (Å²) in [5.41, 5.74) is 1.73. The van der Waals surface area contributed by atoms with E-state index in [2.05, 4.69) is 20.6 Å². The molecule has 3 aromatic rings. The van der Waals surface area contributed by atoms with Crippen LogP contribution in [0.3, 0.4) is 0 Å². The fourth-order valence-corrected chi connectivity index (χ4v) is 2.69. The molecule has 2 N–H and O–H groups in total. The molecule has 0 unspecified atom stereocenters. The number of amides is 1. The summed E-state index contributed by atoms with van der Waals surface area (Å²) in [6, 6.07) is 12.0. The lowest BCUT2D eigenvalue weighted by atomic mass is 10.2. The number of anilines is 1. The van der Waals surface area contributed by atoms with Gasteiger partial charge < -0.3 is 20.1 Å². The fraction of sp³-hybridized carbons (Fsp3) is 0.150. The Hall–Kier alpha value is -3.68. The minimum Gasteiger partial charge on any atom is -0.454 e. The molecule has 0 fully saturated rings. The van der Waals surface area contributed by atoms with Gasteiger partial charge in [0.2, 0.25) is 12.7 Å². The van der Waals surface area contributed by atoms with Gasteiger partial charge in [-0.25, -0.2) is 14.4 Å². The number of aromatic nitrogens is 2. The molecule has 1 amide bonds. The molecule has 8 heteroatoms. The van der Waals surface area contributed by atoms with E-state index in [0.29, 0.717) is 35.1 Å². The van der Waals surface area contributed by atoms with Crippen molar-refractivity contribution in [2.45, 2.75) is 13.1 Å². The molecule has 2 aromatic carbocycles. The molecule has 1 aromatic heterocycles. The third kappa shape index (κ3) is 4.01. The highest BCUT2D eigenvalue weighted by Crippen LogP contribution is 2.32. The molecule has 1 aliphatic heterocycles. The molecule has 2 heterocycles. The number of fused-ring (bicyclic) bond motifs is 1. The van der Waals surface area contributed by atoms with Crippen molar-refractivity contribution >= 4 is 11.9 Å². The molecule has 4 rings (SSSR count). The molecular weight excluding hydrogens is 363 g/mol. The van der Waals surface area contributed by atoms with Crippen LogP contribution in [-0.2, 0) is 13.1 Å². The standard InChI is InChI=1S/C20H17FN4O3/c21-16-4-2-1-3-14(16)9-23-20-24-10-15(11-25-20)19(26)22-8-13-5-6-17-18(7-13)28-12-27-17/h1-7,10-11H,8-9,12H2,(H,22,26)(H,23,24,25). The molecule has 0 aliphatic carbocycles. The van der Waals surface area contributed by atoms with Gasteiger partial charge in [0.25, 0.3) is 5.91 Å². The summed E-state index contributed by atoms with van der Waals surface area (Å²) in [5, 5.41) is 5.74. The molecule has 0 saturated heterocycles. The molecule has 0 spiro atoms. The van der Waals surface area contributed by atoms with Gasteiger partial charge in [-0.15, -0.1) is 0 Å². The van der Waals surface area contributed by atoms with E-state index >= 15 is 0 Å². The van der Waals surface area contributed by atoms with E-state index in [4.69, 9.17) is 9.47 Å². The van der Waals surface area contributed by atoms with Crippen LogP contribution in [0.2, 0.25) is 0 Å². The highest BCUT2D eigenvalue weighted by molar-refractivity contribution is 5.93. The van der Waals surface area contributed by atoms with E-state index in [1.54, 1.807) is 18.2 Å². The van der Waals surface area contributed by atoms with Gasteiger partial charge in [0, 0.05) is 31.0 Å². The zero-order valence-corrected chi connectivity index (χ0v) is 14.8. The largest absolute Gasteiger partial charge is 0.454 e. The second kappa shape index (κ2) is 7.91. The Kier molecular flexibility index (Phi) is 5.01. The molecule has 0 saturated carbocycles. The third-order valence-corrected chi connectivity index (χ3v) is 4.20. The number of hydrogen-bond donors (Lipinski definition) is 2. The van der Waals surface area contributed by atoms with Gasteiger partial charge in [0.05, 0.1) is 5.56 Å². The Balaban J connectivity index is 1.32. The summed E-state index contributed by atoms with van der Waals surface area (Å²) >= 11 is 0. The number of nitrogens with zero attached hydrogens (tertiary/aromatic N) is 2. The highest BCUT2D eigenvalue weighted by atomic mass is 19.1. The number of rotatable bonds is 6. The topological polar surface area (TPSA) is 85.4 Å². The van der Waals surface area contributed by atoms with E-state index in [0.717, 1.165) is 5.56 Å². The Morgan fingerprint density at radius 1 is 1.04 bits per heavy atom. The number of benzene rings is 2.